The highest BCUT2D eigenvalue weighted by molar-refractivity contribution is 6.04. The molecule has 0 fully saturated rings. The highest BCUT2D eigenvalue weighted by atomic mass is 16.5. The van der Waals surface area contributed by atoms with Gasteiger partial charge in [-0.1, -0.05) is 26.0 Å². The minimum Gasteiger partial charge on any atom is -0.493 e. The summed E-state index contributed by atoms with van der Waals surface area (Å²) in [6, 6.07) is 11.6. The third-order valence-corrected chi connectivity index (χ3v) is 4.16. The summed E-state index contributed by atoms with van der Waals surface area (Å²) in [6.07, 6.45) is 3.72. The van der Waals surface area contributed by atoms with Gasteiger partial charge < -0.3 is 14.2 Å². The van der Waals surface area contributed by atoms with Crippen LogP contribution in [0.3, 0.4) is 0 Å². The molecule has 0 saturated heterocycles. The number of nitrogens with zero attached hydrogens (tertiary/aromatic N) is 1. The number of carboxylic acid groups (broad SMARTS) is 1. The second-order valence-corrected chi connectivity index (χ2v) is 6.06. The number of aromatic nitrogens is 1. The number of ether oxygens (including phenoxy) is 1. The van der Waals surface area contributed by atoms with E-state index in [9.17, 15) is 9.90 Å². The monoisotopic (exact) mass is 323 g/mol. The number of hydrogen-bond acceptors (Lipinski definition) is 2. The van der Waals surface area contributed by atoms with E-state index in [4.69, 9.17) is 4.74 Å². The van der Waals surface area contributed by atoms with Crippen LogP contribution >= 0.6 is 0 Å². The van der Waals surface area contributed by atoms with Gasteiger partial charge in [0.05, 0.1) is 17.7 Å². The zero-order chi connectivity index (χ0) is 17.3. The maximum Gasteiger partial charge on any atom is 0.338 e. The molecule has 24 heavy (non-hydrogen) atoms. The number of hydrogen-bond donors (Lipinski definition) is 1. The fourth-order valence-electron chi connectivity index (χ4n) is 2.95. The minimum atomic E-state index is -0.934. The molecule has 0 bridgehead atoms. The van der Waals surface area contributed by atoms with Crippen molar-refractivity contribution in [2.24, 2.45) is 0 Å². The molecule has 4 nitrogen and oxygen atoms in total. The molecule has 3 rings (SSSR count). The van der Waals surface area contributed by atoms with Crippen LogP contribution in [0.25, 0.3) is 16.6 Å². The molecular weight excluding hydrogens is 302 g/mol. The number of carboxylic acids is 1. The molecule has 2 aromatic heterocycles. The lowest BCUT2D eigenvalue weighted by Gasteiger charge is -2.14. The fourth-order valence-corrected chi connectivity index (χ4v) is 2.95. The van der Waals surface area contributed by atoms with Crippen LogP contribution in [0, 0.1) is 0 Å². The summed E-state index contributed by atoms with van der Waals surface area (Å²) < 4.78 is 7.60. The van der Waals surface area contributed by atoms with Crippen molar-refractivity contribution < 1.29 is 14.6 Å². The molecule has 0 aliphatic carbocycles. The van der Waals surface area contributed by atoms with Crippen LogP contribution < -0.4 is 4.74 Å². The quantitative estimate of drug-likeness (QED) is 0.732. The highest BCUT2D eigenvalue weighted by Crippen LogP contribution is 2.37. The lowest BCUT2D eigenvalue weighted by Crippen LogP contribution is -2.00. The van der Waals surface area contributed by atoms with Crippen LogP contribution in [0.15, 0.2) is 48.8 Å². The van der Waals surface area contributed by atoms with Gasteiger partial charge >= 0.3 is 5.97 Å². The van der Waals surface area contributed by atoms with Crippen molar-refractivity contribution in [3.8, 4) is 16.9 Å². The van der Waals surface area contributed by atoms with E-state index in [1.54, 1.807) is 0 Å². The van der Waals surface area contributed by atoms with Crippen molar-refractivity contribution in [2.75, 3.05) is 6.61 Å². The van der Waals surface area contributed by atoms with Crippen molar-refractivity contribution in [3.05, 3.63) is 59.9 Å². The highest BCUT2D eigenvalue weighted by Gasteiger charge is 2.21. The minimum absolute atomic E-state index is 0.303. The fraction of sp³-hybridized carbons (Fsp3) is 0.250. The van der Waals surface area contributed by atoms with Gasteiger partial charge in [-0.25, -0.2) is 4.79 Å². The molecule has 1 aromatic carbocycles. The van der Waals surface area contributed by atoms with E-state index in [1.807, 2.05) is 60.1 Å². The Morgan fingerprint density at radius 2 is 2.00 bits per heavy atom. The normalized spacial score (nSPS) is 11.2. The average molecular weight is 323 g/mol. The van der Waals surface area contributed by atoms with Crippen molar-refractivity contribution in [2.45, 2.75) is 26.7 Å². The third kappa shape index (κ3) is 2.75. The maximum absolute atomic E-state index is 11.9. The van der Waals surface area contributed by atoms with Crippen LogP contribution in [0.1, 0.15) is 42.6 Å². The summed E-state index contributed by atoms with van der Waals surface area (Å²) in [4.78, 5) is 11.9. The SMILES string of the molecule is CCOc1ccc(C(C)C)cc1-c1cn2ccccc2c1C(=O)O. The van der Waals surface area contributed by atoms with Crippen LogP contribution in [0.2, 0.25) is 0 Å². The predicted octanol–water partition coefficient (Wildman–Crippen LogP) is 4.83. The van der Waals surface area contributed by atoms with E-state index < -0.39 is 5.97 Å². The van der Waals surface area contributed by atoms with Gasteiger partial charge in [-0.2, -0.15) is 0 Å². The number of fused-ring (bicyclic) bond motifs is 1. The Hall–Kier alpha value is -2.75. The molecule has 0 spiro atoms. The topological polar surface area (TPSA) is 50.9 Å². The summed E-state index contributed by atoms with van der Waals surface area (Å²) in [5, 5.41) is 9.76. The number of rotatable bonds is 5. The maximum atomic E-state index is 11.9. The predicted molar refractivity (Wildman–Crippen MR) is 95.1 cm³/mol. The molecular formula is C20H21NO3. The molecule has 0 saturated carbocycles. The molecule has 0 aliphatic rings. The Bertz CT molecular complexity index is 893. The first kappa shape index (κ1) is 16.1. The number of carbonyl (C=O) groups is 1. The van der Waals surface area contributed by atoms with Crippen LogP contribution in [-0.4, -0.2) is 22.1 Å². The van der Waals surface area contributed by atoms with E-state index in [-0.39, 0.29) is 0 Å². The summed E-state index contributed by atoms with van der Waals surface area (Å²) in [7, 11) is 0. The molecule has 0 radical (unpaired) electrons. The molecule has 0 atom stereocenters. The van der Waals surface area contributed by atoms with Crippen molar-refractivity contribution >= 4 is 11.5 Å². The number of aromatic carboxylic acids is 1. The van der Waals surface area contributed by atoms with Gasteiger partial charge in [0.2, 0.25) is 0 Å². The molecule has 2 heterocycles. The summed E-state index contributed by atoms with van der Waals surface area (Å²) in [6.45, 7) is 6.69. The third-order valence-electron chi connectivity index (χ3n) is 4.16. The summed E-state index contributed by atoms with van der Waals surface area (Å²) in [5.41, 5.74) is 3.64. The van der Waals surface area contributed by atoms with Crippen LogP contribution in [-0.2, 0) is 0 Å². The first-order chi connectivity index (χ1) is 11.5. The number of pyridine rings is 1. The van der Waals surface area contributed by atoms with E-state index in [0.29, 0.717) is 34.9 Å². The van der Waals surface area contributed by atoms with E-state index >= 15 is 0 Å². The second kappa shape index (κ2) is 6.40. The molecule has 124 valence electrons. The van der Waals surface area contributed by atoms with Gasteiger partial charge in [-0.05, 0) is 42.7 Å². The second-order valence-electron chi connectivity index (χ2n) is 6.06. The van der Waals surface area contributed by atoms with Gasteiger partial charge in [0.25, 0.3) is 0 Å². The van der Waals surface area contributed by atoms with Gasteiger partial charge in [0.1, 0.15) is 5.75 Å². The van der Waals surface area contributed by atoms with Crippen molar-refractivity contribution in [1.29, 1.82) is 0 Å². The Morgan fingerprint density at radius 3 is 2.67 bits per heavy atom. The van der Waals surface area contributed by atoms with Gasteiger partial charge in [0, 0.05) is 23.5 Å². The Kier molecular flexibility index (Phi) is 4.30. The molecule has 4 heteroatoms. The largest absolute Gasteiger partial charge is 0.493 e. The molecule has 0 aliphatic heterocycles. The van der Waals surface area contributed by atoms with E-state index in [0.717, 1.165) is 11.1 Å². The molecule has 1 N–H and O–H groups in total. The molecule has 0 amide bonds. The first-order valence-corrected chi connectivity index (χ1v) is 8.13. The van der Waals surface area contributed by atoms with Crippen molar-refractivity contribution in [3.63, 3.8) is 0 Å². The smallest absolute Gasteiger partial charge is 0.338 e. The van der Waals surface area contributed by atoms with Crippen molar-refractivity contribution in [1.82, 2.24) is 4.40 Å². The zero-order valence-corrected chi connectivity index (χ0v) is 14.1. The average Bonchev–Trinajstić information content (AvgIpc) is 2.94. The van der Waals surface area contributed by atoms with Crippen LogP contribution in [0.4, 0.5) is 0 Å². The van der Waals surface area contributed by atoms with Gasteiger partial charge in [0.15, 0.2) is 0 Å². The van der Waals surface area contributed by atoms with Crippen LogP contribution in [0.5, 0.6) is 5.75 Å². The summed E-state index contributed by atoms with van der Waals surface area (Å²) in [5.74, 6) is 0.126. The number of benzene rings is 1. The standard InChI is InChI=1S/C20H21NO3/c1-4-24-18-9-8-14(13(2)3)11-15(18)16-12-21-10-6-5-7-17(21)19(16)20(22)23/h5-13H,4H2,1-3H3,(H,22,23). The molecule has 3 aromatic rings. The Labute approximate surface area is 141 Å². The zero-order valence-electron chi connectivity index (χ0n) is 14.1. The first-order valence-electron chi connectivity index (χ1n) is 8.13. The van der Waals surface area contributed by atoms with Gasteiger partial charge in [-0.15, -0.1) is 0 Å². The van der Waals surface area contributed by atoms with Gasteiger partial charge in [-0.3, -0.25) is 0 Å². The Balaban J connectivity index is 2.31. The lowest BCUT2D eigenvalue weighted by molar-refractivity contribution is 0.0700. The Morgan fingerprint density at radius 1 is 1.21 bits per heavy atom. The van der Waals surface area contributed by atoms with E-state index in [2.05, 4.69) is 13.8 Å². The lowest BCUT2D eigenvalue weighted by atomic mass is 9.95. The molecule has 0 unspecified atom stereocenters. The van der Waals surface area contributed by atoms with E-state index in [1.165, 1.54) is 0 Å². The summed E-state index contributed by atoms with van der Waals surface area (Å²) >= 11 is 0.